The largest absolute Gasteiger partial charge is 0.508 e. The number of carbonyl (C=O) groups excluding carboxylic acids is 3. The summed E-state index contributed by atoms with van der Waals surface area (Å²) in [5.41, 5.74) is 0. The number of carboxylic acids is 1. The number of β-lactam (4-membered cyclic amide) rings is 1. The fourth-order valence-electron chi connectivity index (χ4n) is 2.87. The summed E-state index contributed by atoms with van der Waals surface area (Å²) in [6, 6.07) is 0. The van der Waals surface area contributed by atoms with Crippen molar-refractivity contribution in [3.05, 3.63) is 12.7 Å². The minimum absolute atomic E-state index is 0.139. The van der Waals surface area contributed by atoms with Crippen LogP contribution >= 0.6 is 117 Å². The molecule has 0 saturated carbocycles. The number of aliphatic carboxylic acids is 1. The molecule has 1 rings (SSSR count). The smallest absolute Gasteiger partial charge is 0.479 e. The molecule has 4 atom stereocenters. The van der Waals surface area contributed by atoms with Crippen LogP contribution in [0.2, 0.25) is 0 Å². The zero-order chi connectivity index (χ0) is 30.2. The molecule has 0 radical (unpaired) electrons. The van der Waals surface area contributed by atoms with Gasteiger partial charge in [0.1, 0.15) is 40.7 Å². The molecule has 0 aromatic heterocycles. The van der Waals surface area contributed by atoms with Crippen molar-refractivity contribution in [1.29, 1.82) is 0 Å². The average Bonchev–Trinajstić information content (AvgIpc) is 2.78. The summed E-state index contributed by atoms with van der Waals surface area (Å²) in [5.74, 6) is -3.13. The Balaban J connectivity index is 2.88. The summed E-state index contributed by atoms with van der Waals surface area (Å²) >= 11 is 46.7. The van der Waals surface area contributed by atoms with Crippen molar-refractivity contribution in [2.75, 3.05) is 25.6 Å². The van der Waals surface area contributed by atoms with Crippen LogP contribution in [-0.2, 0) is 28.5 Å². The summed E-state index contributed by atoms with van der Waals surface area (Å²) in [5, 5.41) is 8.78. The molecule has 1 saturated heterocycles. The molecule has 1 amide bonds. The van der Waals surface area contributed by atoms with Crippen LogP contribution in [0.1, 0.15) is 13.3 Å². The van der Waals surface area contributed by atoms with Gasteiger partial charge in [-0.05, 0) is 6.92 Å². The Labute approximate surface area is 272 Å². The number of ether oxygens (including phenoxy) is 4. The number of halogens is 7. The Bertz CT molecular complexity index is 950. The number of thiocarbonyl (C=S) groups is 1. The van der Waals surface area contributed by atoms with Gasteiger partial charge in [-0.25, -0.2) is 14.4 Å². The highest BCUT2D eigenvalue weighted by Crippen LogP contribution is 2.47. The molecule has 1 fully saturated rings. The lowest BCUT2D eigenvalue weighted by Gasteiger charge is -2.53. The number of amides is 1. The van der Waals surface area contributed by atoms with E-state index in [0.717, 1.165) is 28.4 Å². The summed E-state index contributed by atoms with van der Waals surface area (Å²) < 4.78 is 15.8. The second kappa shape index (κ2) is 16.0. The zero-order valence-electron chi connectivity index (χ0n) is 19.6. The van der Waals surface area contributed by atoms with Crippen LogP contribution in [0.5, 0.6) is 0 Å². The molecular formula is C19H20Cl7NO9S3. The van der Waals surface area contributed by atoms with Gasteiger partial charge in [0.15, 0.2) is 0 Å². The topological polar surface area (TPSA) is 129 Å². The molecule has 10 nitrogen and oxygen atoms in total. The highest BCUT2D eigenvalue weighted by atomic mass is 35.6. The fraction of sp³-hybridized carbons (Fsp3) is 0.632. The van der Waals surface area contributed by atoms with Gasteiger partial charge in [-0.15, -0.1) is 18.3 Å². The van der Waals surface area contributed by atoms with Crippen molar-refractivity contribution in [3.63, 3.8) is 0 Å². The average molecular weight is 751 g/mol. The van der Waals surface area contributed by atoms with Crippen LogP contribution in [0.3, 0.4) is 0 Å². The standard InChI is InChI=1S/C19H20Cl7NO9S3/c1-3-4-17(20,13(29)30)27-11(28)10(9(2)36-15(32)35-8-19(24,25)26)12(27)39-16(37)38-6-5-33-14(31)34-7-18(21,22)23/h3,9-10,12H,1,4-8H2,2H3,(H,29,30)/t9?,10-,12+,17?/m0/s1. The van der Waals surface area contributed by atoms with E-state index >= 15 is 0 Å². The maximum Gasteiger partial charge on any atom is 0.508 e. The first-order valence-electron chi connectivity index (χ1n) is 10.3. The van der Waals surface area contributed by atoms with E-state index in [1.165, 1.54) is 13.0 Å². The summed E-state index contributed by atoms with van der Waals surface area (Å²) in [6.45, 7) is 3.61. The normalized spacial score (nSPS) is 19.7. The van der Waals surface area contributed by atoms with E-state index in [4.69, 9.17) is 108 Å². The summed E-state index contributed by atoms with van der Waals surface area (Å²) in [7, 11) is 0. The minimum atomic E-state index is -2.18. The van der Waals surface area contributed by atoms with Gasteiger partial charge in [0, 0.05) is 12.2 Å². The predicted molar refractivity (Wildman–Crippen MR) is 158 cm³/mol. The number of rotatable bonds is 12. The van der Waals surface area contributed by atoms with Crippen molar-refractivity contribution < 1.29 is 43.2 Å². The van der Waals surface area contributed by atoms with E-state index in [0.29, 0.717) is 0 Å². The zero-order valence-corrected chi connectivity index (χ0v) is 27.3. The predicted octanol–water partition coefficient (Wildman–Crippen LogP) is 6.55. The lowest BCUT2D eigenvalue weighted by molar-refractivity contribution is -0.173. The maximum absolute atomic E-state index is 13.1. The quantitative estimate of drug-likeness (QED) is 0.0442. The second-order valence-electron chi connectivity index (χ2n) is 7.38. The molecule has 2 unspecified atom stereocenters. The first-order valence-corrected chi connectivity index (χ1v) is 15.2. The van der Waals surface area contributed by atoms with Gasteiger partial charge in [-0.3, -0.25) is 9.69 Å². The van der Waals surface area contributed by atoms with Crippen molar-refractivity contribution in [2.24, 2.45) is 5.92 Å². The van der Waals surface area contributed by atoms with Gasteiger partial charge in [-0.2, -0.15) is 0 Å². The molecule has 0 aromatic carbocycles. The number of hydrogen-bond acceptors (Lipinski definition) is 11. The van der Waals surface area contributed by atoms with E-state index in [9.17, 15) is 24.3 Å². The van der Waals surface area contributed by atoms with Crippen LogP contribution in [0, 0.1) is 5.92 Å². The highest BCUT2D eigenvalue weighted by Gasteiger charge is 2.61. The Morgan fingerprint density at radius 2 is 1.62 bits per heavy atom. The highest BCUT2D eigenvalue weighted by molar-refractivity contribution is 8.47. The second-order valence-corrected chi connectivity index (χ2v) is 16.5. The third-order valence-electron chi connectivity index (χ3n) is 4.44. The van der Waals surface area contributed by atoms with E-state index in [-0.39, 0.29) is 22.3 Å². The number of hydrogen-bond donors (Lipinski definition) is 1. The molecule has 0 aliphatic carbocycles. The number of likely N-dealkylation sites (tertiary alicyclic amines) is 1. The maximum atomic E-state index is 13.1. The van der Waals surface area contributed by atoms with Crippen LogP contribution < -0.4 is 0 Å². The molecule has 39 heavy (non-hydrogen) atoms. The van der Waals surface area contributed by atoms with Crippen molar-refractivity contribution in [3.8, 4) is 0 Å². The minimum Gasteiger partial charge on any atom is -0.479 e. The van der Waals surface area contributed by atoms with Gasteiger partial charge < -0.3 is 24.1 Å². The number of alkyl halides is 7. The van der Waals surface area contributed by atoms with Gasteiger partial charge >= 0.3 is 18.3 Å². The molecule has 1 aliphatic heterocycles. The molecular weight excluding hydrogens is 731 g/mol. The summed E-state index contributed by atoms with van der Waals surface area (Å²) in [4.78, 5) is 47.3. The molecule has 20 heteroatoms. The lowest BCUT2D eigenvalue weighted by atomic mass is 9.89. The fourth-order valence-corrected chi connectivity index (χ4v) is 6.32. The van der Waals surface area contributed by atoms with E-state index in [1.54, 1.807) is 0 Å². The third-order valence-corrected chi connectivity index (χ3v) is 8.43. The number of carbonyl (C=O) groups is 4. The van der Waals surface area contributed by atoms with E-state index < -0.39 is 67.4 Å². The van der Waals surface area contributed by atoms with Crippen molar-refractivity contribution in [2.45, 2.75) is 37.4 Å². The van der Waals surface area contributed by atoms with Crippen molar-refractivity contribution >= 4 is 145 Å². The monoisotopic (exact) mass is 747 g/mol. The van der Waals surface area contributed by atoms with E-state index in [2.05, 4.69) is 11.3 Å². The lowest BCUT2D eigenvalue weighted by Crippen LogP contribution is -2.71. The Kier molecular flexibility index (Phi) is 15.2. The van der Waals surface area contributed by atoms with E-state index in [1.807, 2.05) is 0 Å². The SMILES string of the molecule is C=CCC(Cl)(C(=O)O)N1C(=O)[C@H](C(C)OC(=O)OCC(Cl)(Cl)Cl)[C@H]1SC(=S)SCCOC(=O)OCC(Cl)(Cl)Cl. The molecule has 222 valence electrons. The van der Waals surface area contributed by atoms with Crippen LogP contribution in [-0.4, -0.2) is 87.4 Å². The molecule has 1 N–H and O–H groups in total. The number of carboxylic acid groups (broad SMARTS) is 1. The van der Waals surface area contributed by atoms with Crippen LogP contribution in [0.4, 0.5) is 9.59 Å². The first-order chi connectivity index (χ1) is 17.8. The molecule has 1 aliphatic rings. The van der Waals surface area contributed by atoms with Gasteiger partial charge in [0.05, 0.1) is 0 Å². The molecule has 1 heterocycles. The molecule has 0 aromatic rings. The van der Waals surface area contributed by atoms with Gasteiger partial charge in [-0.1, -0.05) is 111 Å². The molecule has 0 bridgehead atoms. The third kappa shape index (κ3) is 12.4. The van der Waals surface area contributed by atoms with Crippen LogP contribution in [0.15, 0.2) is 12.7 Å². The Morgan fingerprint density at radius 3 is 2.10 bits per heavy atom. The number of nitrogens with zero attached hydrogens (tertiary/aromatic N) is 1. The molecule has 0 spiro atoms. The van der Waals surface area contributed by atoms with Gasteiger partial charge in [0.2, 0.25) is 18.5 Å². The van der Waals surface area contributed by atoms with Gasteiger partial charge in [0.25, 0.3) is 0 Å². The van der Waals surface area contributed by atoms with Crippen molar-refractivity contribution in [1.82, 2.24) is 4.90 Å². The van der Waals surface area contributed by atoms with Crippen LogP contribution in [0.25, 0.3) is 0 Å². The Hall–Kier alpha value is 0.0400. The first kappa shape index (κ1) is 37.1. The number of thioether (sulfide) groups is 2. The Morgan fingerprint density at radius 1 is 1.08 bits per heavy atom. The summed E-state index contributed by atoms with van der Waals surface area (Å²) in [6.07, 6.45) is -2.47.